The van der Waals surface area contributed by atoms with Gasteiger partial charge in [-0.05, 0) is 18.6 Å². The van der Waals surface area contributed by atoms with Crippen LogP contribution < -0.4 is 10.2 Å². The van der Waals surface area contributed by atoms with Gasteiger partial charge in [0.05, 0.1) is 11.7 Å². The van der Waals surface area contributed by atoms with Crippen molar-refractivity contribution in [2.45, 2.75) is 18.5 Å². The molecular weight excluding hydrogens is 305 g/mol. The van der Waals surface area contributed by atoms with Crippen LogP contribution in [-0.4, -0.2) is 54.0 Å². The van der Waals surface area contributed by atoms with Gasteiger partial charge in [0.25, 0.3) is 0 Å². The fourth-order valence-corrected chi connectivity index (χ4v) is 3.82. The summed E-state index contributed by atoms with van der Waals surface area (Å²) in [6.07, 6.45) is 0.523. The Morgan fingerprint density at radius 1 is 1.45 bits per heavy atom. The van der Waals surface area contributed by atoms with E-state index in [2.05, 4.69) is 5.32 Å². The zero-order valence-electron chi connectivity index (χ0n) is 12.3. The second-order valence-electron chi connectivity index (χ2n) is 5.47. The maximum Gasteiger partial charge on any atom is 0.249 e. The standard InChI is InChI=1S/C15H18FN3O2S/c1-18(14(20)11-8-22-9-17-11)13-6-7-19(15(13)21)12-5-3-2-4-10(12)16/h2-5,11,13,17H,6-9H2,1H3/t11-,13+/m1/s1. The van der Waals surface area contributed by atoms with E-state index in [0.29, 0.717) is 13.0 Å². The molecule has 2 fully saturated rings. The SMILES string of the molecule is CN(C(=O)[C@H]1CSCN1)[C@H]1CCN(c2ccccc2F)C1=O. The van der Waals surface area contributed by atoms with Crippen molar-refractivity contribution in [2.75, 3.05) is 30.1 Å². The fourth-order valence-electron chi connectivity index (χ4n) is 2.89. The van der Waals surface area contributed by atoms with Crippen molar-refractivity contribution in [2.24, 2.45) is 0 Å². The van der Waals surface area contributed by atoms with Gasteiger partial charge in [0.1, 0.15) is 11.9 Å². The highest BCUT2D eigenvalue weighted by molar-refractivity contribution is 7.99. The summed E-state index contributed by atoms with van der Waals surface area (Å²) in [7, 11) is 1.65. The molecule has 2 aliphatic rings. The van der Waals surface area contributed by atoms with E-state index >= 15 is 0 Å². The summed E-state index contributed by atoms with van der Waals surface area (Å²) in [5, 5.41) is 3.11. The Morgan fingerprint density at radius 3 is 2.91 bits per heavy atom. The average molecular weight is 323 g/mol. The summed E-state index contributed by atoms with van der Waals surface area (Å²) >= 11 is 1.67. The van der Waals surface area contributed by atoms with Gasteiger partial charge in [0.15, 0.2) is 0 Å². The van der Waals surface area contributed by atoms with Crippen LogP contribution in [0.2, 0.25) is 0 Å². The third-order valence-corrected chi connectivity index (χ3v) is 5.09. The number of amides is 2. The Balaban J connectivity index is 1.73. The van der Waals surface area contributed by atoms with Gasteiger partial charge >= 0.3 is 0 Å². The predicted octanol–water partition coefficient (Wildman–Crippen LogP) is 1.05. The second-order valence-corrected chi connectivity index (χ2v) is 6.50. The molecule has 7 heteroatoms. The van der Waals surface area contributed by atoms with Gasteiger partial charge < -0.3 is 9.80 Å². The van der Waals surface area contributed by atoms with E-state index in [0.717, 1.165) is 11.6 Å². The number of para-hydroxylation sites is 1. The first-order valence-electron chi connectivity index (χ1n) is 7.23. The Kier molecular flexibility index (Phi) is 4.35. The molecule has 2 heterocycles. The van der Waals surface area contributed by atoms with E-state index in [9.17, 15) is 14.0 Å². The van der Waals surface area contributed by atoms with E-state index in [-0.39, 0.29) is 23.5 Å². The fraction of sp³-hybridized carbons (Fsp3) is 0.467. The van der Waals surface area contributed by atoms with Crippen molar-refractivity contribution in [3.63, 3.8) is 0 Å². The molecule has 0 aromatic heterocycles. The van der Waals surface area contributed by atoms with Gasteiger partial charge in [-0.1, -0.05) is 12.1 Å². The predicted molar refractivity (Wildman–Crippen MR) is 84.2 cm³/mol. The minimum absolute atomic E-state index is 0.0706. The monoisotopic (exact) mass is 323 g/mol. The van der Waals surface area contributed by atoms with Crippen LogP contribution in [0.15, 0.2) is 24.3 Å². The average Bonchev–Trinajstić information content (AvgIpc) is 3.16. The quantitative estimate of drug-likeness (QED) is 0.903. The third-order valence-electron chi connectivity index (χ3n) is 4.15. The molecule has 0 aliphatic carbocycles. The number of anilines is 1. The summed E-state index contributed by atoms with van der Waals surface area (Å²) in [5.41, 5.74) is 0.283. The summed E-state index contributed by atoms with van der Waals surface area (Å²) in [6, 6.07) is 5.48. The molecule has 0 bridgehead atoms. The first-order chi connectivity index (χ1) is 10.6. The lowest BCUT2D eigenvalue weighted by Gasteiger charge is -2.26. The van der Waals surface area contributed by atoms with Crippen LogP contribution in [-0.2, 0) is 9.59 Å². The maximum absolute atomic E-state index is 13.9. The molecule has 0 saturated carbocycles. The molecule has 2 saturated heterocycles. The molecule has 2 atom stereocenters. The highest BCUT2D eigenvalue weighted by Gasteiger charge is 2.39. The number of halogens is 1. The minimum Gasteiger partial charge on any atom is -0.332 e. The van der Waals surface area contributed by atoms with Crippen molar-refractivity contribution in [1.82, 2.24) is 10.2 Å². The third kappa shape index (κ3) is 2.70. The van der Waals surface area contributed by atoms with Crippen LogP contribution in [0.4, 0.5) is 10.1 Å². The summed E-state index contributed by atoms with van der Waals surface area (Å²) in [5.74, 6) is 0.773. The molecule has 5 nitrogen and oxygen atoms in total. The van der Waals surface area contributed by atoms with Crippen molar-refractivity contribution in [1.29, 1.82) is 0 Å². The number of carbonyl (C=O) groups is 2. The normalized spacial score (nSPS) is 24.8. The molecule has 0 radical (unpaired) electrons. The molecule has 1 aromatic rings. The Morgan fingerprint density at radius 2 is 2.23 bits per heavy atom. The van der Waals surface area contributed by atoms with E-state index in [1.165, 1.54) is 15.9 Å². The van der Waals surface area contributed by atoms with Gasteiger partial charge in [-0.3, -0.25) is 14.9 Å². The lowest BCUT2D eigenvalue weighted by Crippen LogP contribution is -2.50. The van der Waals surface area contributed by atoms with Gasteiger partial charge in [0.2, 0.25) is 11.8 Å². The molecule has 0 spiro atoms. The van der Waals surface area contributed by atoms with Crippen LogP contribution in [0, 0.1) is 5.82 Å². The Bertz CT molecular complexity index is 592. The van der Waals surface area contributed by atoms with E-state index < -0.39 is 11.9 Å². The number of hydrogen-bond donors (Lipinski definition) is 1. The summed E-state index contributed by atoms with van der Waals surface area (Å²) in [4.78, 5) is 27.9. The second kappa shape index (κ2) is 6.26. The lowest BCUT2D eigenvalue weighted by molar-refractivity contribution is -0.137. The van der Waals surface area contributed by atoms with Gasteiger partial charge in [0, 0.05) is 25.2 Å². The number of likely N-dealkylation sites (N-methyl/N-ethyl adjacent to an activating group) is 1. The number of thioether (sulfide) groups is 1. The number of rotatable bonds is 3. The van der Waals surface area contributed by atoms with Crippen LogP contribution in [0.3, 0.4) is 0 Å². The molecule has 2 amide bonds. The topological polar surface area (TPSA) is 52.7 Å². The van der Waals surface area contributed by atoms with Crippen molar-refractivity contribution in [3.05, 3.63) is 30.1 Å². The van der Waals surface area contributed by atoms with Crippen molar-refractivity contribution >= 4 is 29.3 Å². The van der Waals surface area contributed by atoms with Crippen LogP contribution in [0.5, 0.6) is 0 Å². The molecular formula is C15H18FN3O2S. The molecule has 1 aromatic carbocycles. The zero-order valence-corrected chi connectivity index (χ0v) is 13.1. The molecule has 1 N–H and O–H groups in total. The van der Waals surface area contributed by atoms with E-state index in [1.807, 2.05) is 0 Å². The minimum atomic E-state index is -0.514. The number of nitrogens with zero attached hydrogens (tertiary/aromatic N) is 2. The number of carbonyl (C=O) groups excluding carboxylic acids is 2. The molecule has 2 aliphatic heterocycles. The number of benzene rings is 1. The van der Waals surface area contributed by atoms with E-state index in [1.54, 1.807) is 37.0 Å². The maximum atomic E-state index is 13.9. The van der Waals surface area contributed by atoms with Gasteiger partial charge in [-0.2, -0.15) is 0 Å². The zero-order chi connectivity index (χ0) is 15.7. The number of hydrogen-bond acceptors (Lipinski definition) is 4. The van der Waals surface area contributed by atoms with Crippen molar-refractivity contribution in [3.8, 4) is 0 Å². The van der Waals surface area contributed by atoms with Gasteiger partial charge in [-0.25, -0.2) is 4.39 Å². The van der Waals surface area contributed by atoms with Crippen LogP contribution in [0.25, 0.3) is 0 Å². The largest absolute Gasteiger partial charge is 0.332 e. The van der Waals surface area contributed by atoms with Gasteiger partial charge in [-0.15, -0.1) is 11.8 Å². The van der Waals surface area contributed by atoms with Crippen LogP contribution in [0.1, 0.15) is 6.42 Å². The first-order valence-corrected chi connectivity index (χ1v) is 8.39. The summed E-state index contributed by atoms with van der Waals surface area (Å²) in [6.45, 7) is 0.425. The number of nitrogens with one attached hydrogen (secondary N) is 1. The molecule has 118 valence electrons. The Hall–Kier alpha value is -1.60. The summed E-state index contributed by atoms with van der Waals surface area (Å²) < 4.78 is 13.9. The molecule has 0 unspecified atom stereocenters. The highest BCUT2D eigenvalue weighted by atomic mass is 32.2. The van der Waals surface area contributed by atoms with Crippen LogP contribution >= 0.6 is 11.8 Å². The Labute approximate surface area is 132 Å². The lowest BCUT2D eigenvalue weighted by atomic mass is 10.2. The highest BCUT2D eigenvalue weighted by Crippen LogP contribution is 2.26. The van der Waals surface area contributed by atoms with Crippen molar-refractivity contribution < 1.29 is 14.0 Å². The van der Waals surface area contributed by atoms with E-state index in [4.69, 9.17) is 0 Å². The first kappa shape index (κ1) is 15.3. The molecule has 3 rings (SSSR count). The smallest absolute Gasteiger partial charge is 0.249 e. The molecule has 22 heavy (non-hydrogen) atoms.